The molecule has 1 atom stereocenters. The summed E-state index contributed by atoms with van der Waals surface area (Å²) in [6.45, 7) is 1.19. The van der Waals surface area contributed by atoms with E-state index in [1.165, 1.54) is 0 Å². The second-order valence-corrected chi connectivity index (χ2v) is 3.93. The molecule has 0 spiro atoms. The molecule has 0 heterocycles. The van der Waals surface area contributed by atoms with Crippen LogP contribution in [-0.4, -0.2) is 25.7 Å². The molecule has 0 saturated heterocycles. The van der Waals surface area contributed by atoms with Crippen LogP contribution in [0.4, 0.5) is 8.78 Å². The van der Waals surface area contributed by atoms with Crippen LogP contribution in [0.2, 0.25) is 0 Å². The Kier molecular flexibility index (Phi) is 5.03. The van der Waals surface area contributed by atoms with Crippen molar-refractivity contribution in [2.45, 2.75) is 19.4 Å². The molecule has 0 aliphatic carbocycles. The van der Waals surface area contributed by atoms with Gasteiger partial charge < -0.3 is 15.2 Å². The number of rotatable bonds is 5. The van der Waals surface area contributed by atoms with Crippen molar-refractivity contribution in [2.75, 3.05) is 13.7 Å². The Balaban J connectivity index is 2.84. The predicted octanol–water partition coefficient (Wildman–Crippen LogP) is 1.41. The SMILES string of the molecule is COC(=O)COc1c(F)cc(CC(C)N)cc1F. The van der Waals surface area contributed by atoms with Gasteiger partial charge in [-0.1, -0.05) is 0 Å². The van der Waals surface area contributed by atoms with E-state index in [9.17, 15) is 13.6 Å². The molecule has 0 aliphatic heterocycles. The minimum Gasteiger partial charge on any atom is -0.476 e. The van der Waals surface area contributed by atoms with Crippen LogP contribution in [0.1, 0.15) is 12.5 Å². The zero-order valence-electron chi connectivity index (χ0n) is 10.2. The van der Waals surface area contributed by atoms with Gasteiger partial charge in [0.15, 0.2) is 24.0 Å². The molecule has 100 valence electrons. The third kappa shape index (κ3) is 3.96. The Morgan fingerprint density at radius 3 is 2.39 bits per heavy atom. The minimum absolute atomic E-state index is 0.203. The number of carbonyl (C=O) groups is 1. The van der Waals surface area contributed by atoms with Crippen LogP contribution in [-0.2, 0) is 16.0 Å². The summed E-state index contributed by atoms with van der Waals surface area (Å²) in [6.07, 6.45) is 0.352. The van der Waals surface area contributed by atoms with Crippen molar-refractivity contribution < 1.29 is 23.0 Å². The number of halogens is 2. The van der Waals surface area contributed by atoms with Gasteiger partial charge in [-0.2, -0.15) is 0 Å². The van der Waals surface area contributed by atoms with E-state index in [-0.39, 0.29) is 6.04 Å². The second-order valence-electron chi connectivity index (χ2n) is 3.93. The third-order valence-corrected chi connectivity index (χ3v) is 2.18. The van der Waals surface area contributed by atoms with E-state index < -0.39 is 30.0 Å². The summed E-state index contributed by atoms with van der Waals surface area (Å²) in [5.74, 6) is -3.04. The number of hydrogen-bond acceptors (Lipinski definition) is 4. The lowest BCUT2D eigenvalue weighted by Crippen LogP contribution is -2.18. The van der Waals surface area contributed by atoms with Crippen molar-refractivity contribution >= 4 is 5.97 Å². The smallest absolute Gasteiger partial charge is 0.343 e. The average molecular weight is 259 g/mol. The maximum absolute atomic E-state index is 13.6. The molecule has 0 fully saturated rings. The first-order valence-electron chi connectivity index (χ1n) is 5.37. The molecular weight excluding hydrogens is 244 g/mol. The molecule has 1 aromatic rings. The quantitative estimate of drug-likeness (QED) is 0.812. The highest BCUT2D eigenvalue weighted by Gasteiger charge is 2.15. The van der Waals surface area contributed by atoms with Gasteiger partial charge >= 0.3 is 5.97 Å². The summed E-state index contributed by atoms with van der Waals surface area (Å²) in [5.41, 5.74) is 5.98. The monoisotopic (exact) mass is 259 g/mol. The molecule has 0 aliphatic rings. The van der Waals surface area contributed by atoms with Crippen LogP contribution in [0.15, 0.2) is 12.1 Å². The second kappa shape index (κ2) is 6.30. The standard InChI is InChI=1S/C12H15F2NO3/c1-7(15)3-8-4-9(13)12(10(14)5-8)18-6-11(16)17-2/h4-5,7H,3,6,15H2,1-2H3. The van der Waals surface area contributed by atoms with E-state index in [1.807, 2.05) is 0 Å². The topological polar surface area (TPSA) is 61.5 Å². The highest BCUT2D eigenvalue weighted by atomic mass is 19.1. The number of benzene rings is 1. The third-order valence-electron chi connectivity index (χ3n) is 2.18. The molecular formula is C12H15F2NO3. The molecule has 0 aromatic heterocycles. The van der Waals surface area contributed by atoms with E-state index >= 15 is 0 Å². The van der Waals surface area contributed by atoms with Gasteiger partial charge in [0.2, 0.25) is 0 Å². The summed E-state index contributed by atoms with van der Waals surface area (Å²) in [5, 5.41) is 0. The number of esters is 1. The van der Waals surface area contributed by atoms with Crippen molar-refractivity contribution in [2.24, 2.45) is 5.73 Å². The van der Waals surface area contributed by atoms with Crippen LogP contribution in [0.5, 0.6) is 5.75 Å². The first-order valence-corrected chi connectivity index (χ1v) is 5.37. The van der Waals surface area contributed by atoms with E-state index in [1.54, 1.807) is 6.92 Å². The van der Waals surface area contributed by atoms with Crippen LogP contribution in [0.3, 0.4) is 0 Å². The zero-order chi connectivity index (χ0) is 13.7. The fraction of sp³-hybridized carbons (Fsp3) is 0.417. The summed E-state index contributed by atoms with van der Waals surface area (Å²) < 4.78 is 36.1. The van der Waals surface area contributed by atoms with Crippen molar-refractivity contribution in [1.82, 2.24) is 0 Å². The number of ether oxygens (including phenoxy) is 2. The minimum atomic E-state index is -0.866. The summed E-state index contributed by atoms with van der Waals surface area (Å²) in [7, 11) is 1.16. The number of carbonyl (C=O) groups excluding carboxylic acids is 1. The summed E-state index contributed by atoms with van der Waals surface area (Å²) in [6, 6.07) is 2.07. The van der Waals surface area contributed by atoms with E-state index in [4.69, 9.17) is 10.5 Å². The van der Waals surface area contributed by atoms with Gasteiger partial charge in [0.1, 0.15) is 0 Å². The Morgan fingerprint density at radius 1 is 1.39 bits per heavy atom. The summed E-state index contributed by atoms with van der Waals surface area (Å²) in [4.78, 5) is 10.8. The Morgan fingerprint density at radius 2 is 1.94 bits per heavy atom. The van der Waals surface area contributed by atoms with Crippen LogP contribution in [0, 0.1) is 11.6 Å². The first kappa shape index (κ1) is 14.4. The lowest BCUT2D eigenvalue weighted by Gasteiger charge is -2.10. The Bertz CT molecular complexity index is 412. The van der Waals surface area contributed by atoms with E-state index in [2.05, 4.69) is 4.74 Å². The van der Waals surface area contributed by atoms with Crippen molar-refractivity contribution in [1.29, 1.82) is 0 Å². The Hall–Kier alpha value is -1.69. The molecule has 18 heavy (non-hydrogen) atoms. The maximum Gasteiger partial charge on any atom is 0.343 e. The average Bonchev–Trinajstić information content (AvgIpc) is 2.26. The lowest BCUT2D eigenvalue weighted by molar-refractivity contribution is -0.143. The van der Waals surface area contributed by atoms with Gasteiger partial charge in [-0.25, -0.2) is 13.6 Å². The molecule has 0 saturated carbocycles. The molecule has 6 heteroatoms. The molecule has 0 amide bonds. The van der Waals surface area contributed by atoms with Crippen molar-refractivity contribution in [3.8, 4) is 5.75 Å². The zero-order valence-corrected chi connectivity index (χ0v) is 10.2. The molecule has 1 unspecified atom stereocenters. The Labute approximate surface area is 104 Å². The van der Waals surface area contributed by atoms with Gasteiger partial charge in [0.25, 0.3) is 0 Å². The van der Waals surface area contributed by atoms with E-state index in [0.29, 0.717) is 12.0 Å². The fourth-order valence-corrected chi connectivity index (χ4v) is 1.43. The van der Waals surface area contributed by atoms with Gasteiger partial charge in [0, 0.05) is 6.04 Å². The van der Waals surface area contributed by atoms with Gasteiger partial charge in [-0.15, -0.1) is 0 Å². The van der Waals surface area contributed by atoms with Crippen LogP contribution in [0.25, 0.3) is 0 Å². The number of methoxy groups -OCH3 is 1. The summed E-state index contributed by atoms with van der Waals surface area (Å²) >= 11 is 0. The fourth-order valence-electron chi connectivity index (χ4n) is 1.43. The van der Waals surface area contributed by atoms with Gasteiger partial charge in [-0.05, 0) is 31.0 Å². The van der Waals surface area contributed by atoms with Crippen LogP contribution < -0.4 is 10.5 Å². The molecule has 0 radical (unpaired) electrons. The number of hydrogen-bond donors (Lipinski definition) is 1. The maximum atomic E-state index is 13.6. The molecule has 4 nitrogen and oxygen atoms in total. The number of nitrogens with two attached hydrogens (primary N) is 1. The first-order chi connectivity index (χ1) is 8.43. The highest BCUT2D eigenvalue weighted by molar-refractivity contribution is 5.70. The van der Waals surface area contributed by atoms with Gasteiger partial charge in [0.05, 0.1) is 7.11 Å². The van der Waals surface area contributed by atoms with Crippen molar-refractivity contribution in [3.05, 3.63) is 29.3 Å². The van der Waals surface area contributed by atoms with E-state index in [0.717, 1.165) is 19.2 Å². The molecule has 2 N–H and O–H groups in total. The largest absolute Gasteiger partial charge is 0.476 e. The predicted molar refractivity (Wildman–Crippen MR) is 61.2 cm³/mol. The van der Waals surface area contributed by atoms with Crippen molar-refractivity contribution in [3.63, 3.8) is 0 Å². The molecule has 1 rings (SSSR count). The lowest BCUT2D eigenvalue weighted by atomic mass is 10.1. The van der Waals surface area contributed by atoms with Gasteiger partial charge in [-0.3, -0.25) is 0 Å². The van der Waals surface area contributed by atoms with Crippen LogP contribution >= 0.6 is 0 Å². The normalized spacial score (nSPS) is 12.1. The highest BCUT2D eigenvalue weighted by Crippen LogP contribution is 2.23. The molecule has 0 bridgehead atoms. The molecule has 1 aromatic carbocycles.